The minimum Gasteiger partial charge on any atom is -0.325 e. The number of halogens is 2. The lowest BCUT2D eigenvalue weighted by molar-refractivity contribution is -0.118. The Labute approximate surface area is 135 Å². The van der Waals surface area contributed by atoms with Gasteiger partial charge in [0.15, 0.2) is 0 Å². The van der Waals surface area contributed by atoms with Crippen LogP contribution in [0, 0.1) is 5.82 Å². The van der Waals surface area contributed by atoms with E-state index in [4.69, 9.17) is 0 Å². The first-order valence-electron chi connectivity index (χ1n) is 6.67. The molecule has 9 heteroatoms. The molecule has 2 rings (SSSR count). The molecule has 1 aliphatic heterocycles. The van der Waals surface area contributed by atoms with E-state index in [1.807, 2.05) is 0 Å². The van der Waals surface area contributed by atoms with Crippen molar-refractivity contribution in [2.24, 2.45) is 0 Å². The zero-order valence-electron chi connectivity index (χ0n) is 12.1. The van der Waals surface area contributed by atoms with Crippen LogP contribution in [0.25, 0.3) is 0 Å². The van der Waals surface area contributed by atoms with Crippen molar-refractivity contribution in [1.82, 2.24) is 5.32 Å². The molecule has 124 valence electrons. The second kappa shape index (κ2) is 7.75. The molecule has 6 nitrogen and oxygen atoms in total. The Hall–Kier alpha value is -1.38. The quantitative estimate of drug-likeness (QED) is 0.770. The van der Waals surface area contributed by atoms with Crippen molar-refractivity contribution in [3.8, 4) is 0 Å². The minimum atomic E-state index is -3.58. The summed E-state index contributed by atoms with van der Waals surface area (Å²) in [5, 5.41) is 5.77. The van der Waals surface area contributed by atoms with Gasteiger partial charge in [-0.15, -0.1) is 12.4 Å². The van der Waals surface area contributed by atoms with Crippen molar-refractivity contribution in [2.45, 2.75) is 25.3 Å². The number of hydrogen-bond acceptors (Lipinski definition) is 4. The summed E-state index contributed by atoms with van der Waals surface area (Å²) in [6, 6.07) is 3.49. The van der Waals surface area contributed by atoms with E-state index < -0.39 is 15.8 Å². The third-order valence-corrected chi connectivity index (χ3v) is 3.75. The van der Waals surface area contributed by atoms with Gasteiger partial charge < -0.3 is 10.6 Å². The van der Waals surface area contributed by atoms with E-state index in [9.17, 15) is 17.6 Å². The molecule has 1 heterocycles. The van der Waals surface area contributed by atoms with Crippen LogP contribution in [0.3, 0.4) is 0 Å². The zero-order valence-corrected chi connectivity index (χ0v) is 13.7. The van der Waals surface area contributed by atoms with E-state index >= 15 is 0 Å². The van der Waals surface area contributed by atoms with Crippen LogP contribution in [-0.4, -0.2) is 33.2 Å². The van der Waals surface area contributed by atoms with Gasteiger partial charge in [-0.2, -0.15) is 0 Å². The highest BCUT2D eigenvalue weighted by Crippen LogP contribution is 2.21. The molecule has 0 radical (unpaired) electrons. The zero-order chi connectivity index (χ0) is 15.5. The van der Waals surface area contributed by atoms with Gasteiger partial charge in [-0.1, -0.05) is 6.42 Å². The fourth-order valence-electron chi connectivity index (χ4n) is 2.19. The molecule has 1 atom stereocenters. The lowest BCUT2D eigenvalue weighted by Crippen LogP contribution is -2.43. The summed E-state index contributed by atoms with van der Waals surface area (Å²) in [5.41, 5.74) is 0.159. The fraction of sp³-hybridized carbons (Fsp3) is 0.462. The van der Waals surface area contributed by atoms with Crippen molar-refractivity contribution >= 4 is 39.7 Å². The lowest BCUT2D eigenvalue weighted by Gasteiger charge is -2.22. The molecule has 0 aliphatic carbocycles. The van der Waals surface area contributed by atoms with Crippen molar-refractivity contribution in [2.75, 3.05) is 22.8 Å². The Morgan fingerprint density at radius 1 is 1.36 bits per heavy atom. The van der Waals surface area contributed by atoms with Crippen LogP contribution < -0.4 is 15.4 Å². The van der Waals surface area contributed by atoms with Gasteiger partial charge in [0.1, 0.15) is 5.82 Å². The van der Waals surface area contributed by atoms with Crippen molar-refractivity contribution in [1.29, 1.82) is 0 Å². The highest BCUT2D eigenvalue weighted by molar-refractivity contribution is 7.92. The van der Waals surface area contributed by atoms with E-state index in [1.165, 1.54) is 12.1 Å². The number of amides is 1. The number of benzene rings is 1. The first-order valence-corrected chi connectivity index (χ1v) is 8.56. The molecular weight excluding hydrogens is 333 g/mol. The molecule has 1 aromatic rings. The number of sulfonamides is 1. The molecule has 0 spiro atoms. The Balaban J connectivity index is 0.00000242. The van der Waals surface area contributed by atoms with E-state index in [-0.39, 0.29) is 30.0 Å². The molecule has 1 aliphatic rings. The van der Waals surface area contributed by atoms with Crippen LogP contribution in [0.5, 0.6) is 0 Å². The van der Waals surface area contributed by atoms with Gasteiger partial charge in [0, 0.05) is 5.69 Å². The number of piperidine rings is 1. The summed E-state index contributed by atoms with van der Waals surface area (Å²) in [7, 11) is -3.58. The van der Waals surface area contributed by atoms with Gasteiger partial charge in [0.05, 0.1) is 18.0 Å². The number of hydrogen-bond donors (Lipinski definition) is 3. The average Bonchev–Trinajstić information content (AvgIpc) is 2.42. The molecule has 22 heavy (non-hydrogen) atoms. The van der Waals surface area contributed by atoms with Crippen molar-refractivity contribution < 1.29 is 17.6 Å². The number of rotatable bonds is 4. The van der Waals surface area contributed by atoms with Gasteiger partial charge in [-0.05, 0) is 37.6 Å². The van der Waals surface area contributed by atoms with Crippen molar-refractivity contribution in [3.05, 3.63) is 24.0 Å². The summed E-state index contributed by atoms with van der Waals surface area (Å²) in [5.74, 6) is -0.902. The Morgan fingerprint density at radius 3 is 2.68 bits per heavy atom. The number of anilines is 2. The summed E-state index contributed by atoms with van der Waals surface area (Å²) in [4.78, 5) is 12.0. The molecule has 0 unspecified atom stereocenters. The van der Waals surface area contributed by atoms with Gasteiger partial charge in [0.25, 0.3) is 0 Å². The standard InChI is InChI=1S/C13H18FN3O3S.ClH/c1-21(19,20)17-12-8-9(5-6-10(12)14)16-13(18)11-4-2-3-7-15-11;/h5-6,8,11,15,17H,2-4,7H2,1H3,(H,16,18);1H/t11-;/m1./s1. The topological polar surface area (TPSA) is 87.3 Å². The average molecular weight is 352 g/mol. The first-order chi connectivity index (χ1) is 9.85. The largest absolute Gasteiger partial charge is 0.325 e. The van der Waals surface area contributed by atoms with Gasteiger partial charge in [-0.3, -0.25) is 9.52 Å². The molecule has 0 saturated carbocycles. The molecule has 1 aromatic carbocycles. The van der Waals surface area contributed by atoms with E-state index in [2.05, 4.69) is 15.4 Å². The maximum absolute atomic E-state index is 13.5. The highest BCUT2D eigenvalue weighted by Gasteiger charge is 2.20. The van der Waals surface area contributed by atoms with E-state index in [0.717, 1.165) is 38.1 Å². The van der Waals surface area contributed by atoms with Crippen molar-refractivity contribution in [3.63, 3.8) is 0 Å². The molecule has 3 N–H and O–H groups in total. The number of carbonyl (C=O) groups is 1. The first kappa shape index (κ1) is 18.7. The summed E-state index contributed by atoms with van der Waals surface area (Å²) in [6.07, 6.45) is 3.71. The number of nitrogens with one attached hydrogen (secondary N) is 3. The third-order valence-electron chi connectivity index (χ3n) is 3.16. The maximum Gasteiger partial charge on any atom is 0.241 e. The smallest absolute Gasteiger partial charge is 0.241 e. The minimum absolute atomic E-state index is 0. The van der Waals surface area contributed by atoms with Crippen LogP contribution in [0.1, 0.15) is 19.3 Å². The van der Waals surface area contributed by atoms with Gasteiger partial charge in [-0.25, -0.2) is 12.8 Å². The lowest BCUT2D eigenvalue weighted by atomic mass is 10.0. The predicted molar refractivity (Wildman–Crippen MR) is 86.4 cm³/mol. The summed E-state index contributed by atoms with van der Waals surface area (Å²) < 4.78 is 37.9. The molecule has 0 aromatic heterocycles. The second-order valence-corrected chi connectivity index (χ2v) is 6.81. The van der Waals surface area contributed by atoms with Crippen LogP contribution in [0.15, 0.2) is 18.2 Å². The SMILES string of the molecule is CS(=O)(=O)Nc1cc(NC(=O)[C@H]2CCCCN2)ccc1F.Cl. The molecular formula is C13H19ClFN3O3S. The Morgan fingerprint density at radius 2 is 2.09 bits per heavy atom. The monoisotopic (exact) mass is 351 g/mol. The normalized spacial score (nSPS) is 18.2. The van der Waals surface area contributed by atoms with Crippen LogP contribution in [0.4, 0.5) is 15.8 Å². The third kappa shape index (κ3) is 5.43. The van der Waals surface area contributed by atoms with E-state index in [1.54, 1.807) is 0 Å². The fourth-order valence-corrected chi connectivity index (χ4v) is 2.74. The molecule has 0 bridgehead atoms. The summed E-state index contributed by atoms with van der Waals surface area (Å²) in [6.45, 7) is 0.794. The highest BCUT2D eigenvalue weighted by atomic mass is 35.5. The molecule has 1 saturated heterocycles. The number of carbonyl (C=O) groups excluding carboxylic acids is 1. The molecule has 1 amide bonds. The van der Waals surface area contributed by atoms with Crippen LogP contribution in [-0.2, 0) is 14.8 Å². The van der Waals surface area contributed by atoms with E-state index in [0.29, 0.717) is 5.69 Å². The van der Waals surface area contributed by atoms with Gasteiger partial charge in [0.2, 0.25) is 15.9 Å². The predicted octanol–water partition coefficient (Wildman–Crippen LogP) is 1.70. The maximum atomic E-state index is 13.5. The van der Waals surface area contributed by atoms with Crippen LogP contribution in [0.2, 0.25) is 0 Å². The molecule has 1 fully saturated rings. The van der Waals surface area contributed by atoms with Gasteiger partial charge >= 0.3 is 0 Å². The Bertz CT molecular complexity index is 633. The van der Waals surface area contributed by atoms with Crippen LogP contribution >= 0.6 is 12.4 Å². The Kier molecular flexibility index (Phi) is 6.58. The second-order valence-electron chi connectivity index (χ2n) is 5.06. The summed E-state index contributed by atoms with van der Waals surface area (Å²) >= 11 is 0.